The van der Waals surface area contributed by atoms with Crippen molar-refractivity contribution >= 4 is 37.7 Å². The lowest BCUT2D eigenvalue weighted by Crippen LogP contribution is -1.85. The molecule has 0 bridgehead atoms. The second kappa shape index (κ2) is 4.97. The van der Waals surface area contributed by atoms with Crippen LogP contribution in [0.4, 0.5) is 0 Å². The van der Waals surface area contributed by atoms with Crippen LogP contribution in [-0.4, -0.2) is 9.97 Å². The maximum absolute atomic E-state index is 9.20. The average Bonchev–Trinajstić information content (AvgIpc) is 2.99. The number of nitrogens with zero attached hydrogens (tertiary/aromatic N) is 2. The summed E-state index contributed by atoms with van der Waals surface area (Å²) in [5, 5.41) is 11.3. The Labute approximate surface area is 135 Å². The fourth-order valence-electron chi connectivity index (χ4n) is 2.72. The molecule has 0 aliphatic heterocycles. The summed E-state index contributed by atoms with van der Waals surface area (Å²) < 4.78 is 0.976. The molecule has 3 nitrogen and oxygen atoms in total. The van der Waals surface area contributed by atoms with E-state index in [9.17, 15) is 5.26 Å². The van der Waals surface area contributed by atoms with Crippen LogP contribution in [-0.2, 0) is 0 Å². The van der Waals surface area contributed by atoms with Crippen LogP contribution < -0.4 is 0 Å². The molecule has 2 aromatic heterocycles. The average molecular weight is 348 g/mol. The van der Waals surface area contributed by atoms with Gasteiger partial charge in [-0.1, -0.05) is 30.3 Å². The summed E-state index contributed by atoms with van der Waals surface area (Å²) in [4.78, 5) is 7.97. The number of para-hydroxylation sites is 2. The highest BCUT2D eigenvalue weighted by atomic mass is 79.9. The van der Waals surface area contributed by atoms with Crippen molar-refractivity contribution in [2.75, 3.05) is 0 Å². The Morgan fingerprint density at radius 3 is 2.77 bits per heavy atom. The zero-order valence-corrected chi connectivity index (χ0v) is 13.1. The number of hydrogen-bond acceptors (Lipinski definition) is 2. The first-order valence-electron chi connectivity index (χ1n) is 6.84. The van der Waals surface area contributed by atoms with Gasteiger partial charge in [-0.3, -0.25) is 0 Å². The molecule has 104 valence electrons. The number of aromatic nitrogens is 2. The van der Waals surface area contributed by atoms with Gasteiger partial charge in [-0.15, -0.1) is 0 Å². The molecule has 0 saturated heterocycles. The molecule has 22 heavy (non-hydrogen) atoms. The van der Waals surface area contributed by atoms with E-state index in [1.165, 1.54) is 0 Å². The van der Waals surface area contributed by atoms with Gasteiger partial charge in [0.25, 0.3) is 0 Å². The lowest BCUT2D eigenvalue weighted by Gasteiger charge is -2.04. The molecule has 2 aromatic carbocycles. The molecule has 0 fully saturated rings. The zero-order chi connectivity index (χ0) is 15.1. The summed E-state index contributed by atoms with van der Waals surface area (Å²) in [5.74, 6) is 0. The van der Waals surface area contributed by atoms with E-state index in [4.69, 9.17) is 4.98 Å². The summed E-state index contributed by atoms with van der Waals surface area (Å²) in [5.41, 5.74) is 4.33. The van der Waals surface area contributed by atoms with Crippen molar-refractivity contribution in [2.24, 2.45) is 0 Å². The van der Waals surface area contributed by atoms with Crippen LogP contribution in [0.5, 0.6) is 0 Å². The molecule has 0 spiro atoms. The number of fused-ring (bicyclic) bond motifs is 2. The van der Waals surface area contributed by atoms with Gasteiger partial charge in [-0.2, -0.15) is 5.26 Å². The highest BCUT2D eigenvalue weighted by molar-refractivity contribution is 9.10. The van der Waals surface area contributed by atoms with E-state index in [-0.39, 0.29) is 0 Å². The summed E-state index contributed by atoms with van der Waals surface area (Å²) >= 11 is 3.55. The quantitative estimate of drug-likeness (QED) is 0.525. The Balaban J connectivity index is 2.00. The van der Waals surface area contributed by atoms with Crippen molar-refractivity contribution in [3.8, 4) is 17.3 Å². The van der Waals surface area contributed by atoms with Gasteiger partial charge in [0.1, 0.15) is 6.07 Å². The highest BCUT2D eigenvalue weighted by Gasteiger charge is 2.11. The van der Waals surface area contributed by atoms with Gasteiger partial charge in [-0.25, -0.2) is 4.98 Å². The lowest BCUT2D eigenvalue weighted by atomic mass is 10.1. The molecule has 0 aliphatic carbocycles. The Kier molecular flexibility index (Phi) is 2.95. The number of hydrogen-bond donors (Lipinski definition) is 1. The molecule has 1 N–H and O–H groups in total. The molecule has 0 radical (unpaired) electrons. The maximum Gasteiger partial charge on any atom is 0.101 e. The maximum atomic E-state index is 9.20. The molecule has 4 heteroatoms. The van der Waals surface area contributed by atoms with Gasteiger partial charge in [0.05, 0.1) is 22.3 Å². The van der Waals surface area contributed by atoms with Gasteiger partial charge < -0.3 is 4.98 Å². The Bertz CT molecular complexity index is 1060. The van der Waals surface area contributed by atoms with Gasteiger partial charge in [0.15, 0.2) is 0 Å². The number of H-pyrrole nitrogens is 1. The van der Waals surface area contributed by atoms with E-state index in [1.807, 2.05) is 48.7 Å². The summed E-state index contributed by atoms with van der Waals surface area (Å²) in [6.07, 6.45) is 1.91. The van der Waals surface area contributed by atoms with Gasteiger partial charge >= 0.3 is 0 Å². The molecular weight excluding hydrogens is 338 g/mol. The third-order valence-electron chi connectivity index (χ3n) is 3.78. The molecule has 4 rings (SSSR count). The first-order chi connectivity index (χ1) is 10.8. The van der Waals surface area contributed by atoms with Crippen molar-refractivity contribution in [2.45, 2.75) is 0 Å². The molecule has 0 amide bonds. The minimum absolute atomic E-state index is 0.644. The Hall–Kier alpha value is -2.64. The molecule has 0 saturated carbocycles. The number of halogens is 1. The molecule has 4 aromatic rings. The fraction of sp³-hybridized carbons (Fsp3) is 0. The predicted octanol–water partition coefficient (Wildman–Crippen LogP) is 5.02. The number of pyridine rings is 1. The van der Waals surface area contributed by atoms with Crippen molar-refractivity contribution in [3.63, 3.8) is 0 Å². The molecule has 0 aliphatic rings. The molecule has 0 unspecified atom stereocenters. The minimum atomic E-state index is 0.644. The predicted molar refractivity (Wildman–Crippen MR) is 91.5 cm³/mol. The summed E-state index contributed by atoms with van der Waals surface area (Å²) in [6, 6.07) is 18.0. The SMILES string of the molecule is N#Cc1cccc2c(-c3ccc4cccc(Br)c4n3)c[nH]c12. The first kappa shape index (κ1) is 13.1. The number of aromatic amines is 1. The van der Waals surface area contributed by atoms with Crippen LogP contribution in [0.15, 0.2) is 59.2 Å². The highest BCUT2D eigenvalue weighted by Crippen LogP contribution is 2.31. The van der Waals surface area contributed by atoms with E-state index >= 15 is 0 Å². The van der Waals surface area contributed by atoms with Gasteiger partial charge in [0, 0.05) is 27.0 Å². The van der Waals surface area contributed by atoms with Crippen LogP contribution in [0.3, 0.4) is 0 Å². The Morgan fingerprint density at radius 2 is 1.91 bits per heavy atom. The van der Waals surface area contributed by atoms with E-state index < -0.39 is 0 Å². The number of nitriles is 1. The van der Waals surface area contributed by atoms with E-state index in [2.05, 4.69) is 33.0 Å². The summed E-state index contributed by atoms with van der Waals surface area (Å²) in [7, 11) is 0. The minimum Gasteiger partial charge on any atom is -0.359 e. The van der Waals surface area contributed by atoms with Crippen LogP contribution in [0.25, 0.3) is 33.1 Å². The lowest BCUT2D eigenvalue weighted by molar-refractivity contribution is 1.39. The molecule has 2 heterocycles. The second-order valence-electron chi connectivity index (χ2n) is 5.05. The second-order valence-corrected chi connectivity index (χ2v) is 5.90. The van der Waals surface area contributed by atoms with Gasteiger partial charge in [-0.05, 0) is 34.1 Å². The summed E-state index contributed by atoms with van der Waals surface area (Å²) in [6.45, 7) is 0. The third kappa shape index (κ3) is 1.91. The first-order valence-corrected chi connectivity index (χ1v) is 7.63. The van der Waals surface area contributed by atoms with Crippen LogP contribution >= 0.6 is 15.9 Å². The van der Waals surface area contributed by atoms with Crippen molar-refractivity contribution in [1.29, 1.82) is 5.26 Å². The van der Waals surface area contributed by atoms with Gasteiger partial charge in [0.2, 0.25) is 0 Å². The van der Waals surface area contributed by atoms with Crippen LogP contribution in [0.1, 0.15) is 5.56 Å². The third-order valence-corrected chi connectivity index (χ3v) is 4.42. The monoisotopic (exact) mass is 347 g/mol. The van der Waals surface area contributed by atoms with Crippen LogP contribution in [0.2, 0.25) is 0 Å². The number of rotatable bonds is 1. The van der Waals surface area contributed by atoms with Crippen molar-refractivity contribution in [1.82, 2.24) is 9.97 Å². The smallest absolute Gasteiger partial charge is 0.101 e. The topological polar surface area (TPSA) is 52.5 Å². The molecular formula is C18H10BrN3. The van der Waals surface area contributed by atoms with Crippen molar-refractivity contribution in [3.05, 3.63) is 64.8 Å². The zero-order valence-electron chi connectivity index (χ0n) is 11.5. The molecule has 0 atom stereocenters. The largest absolute Gasteiger partial charge is 0.359 e. The van der Waals surface area contributed by atoms with Crippen molar-refractivity contribution < 1.29 is 0 Å². The van der Waals surface area contributed by atoms with E-state index in [0.29, 0.717) is 5.56 Å². The Morgan fingerprint density at radius 1 is 1.05 bits per heavy atom. The number of benzene rings is 2. The van der Waals surface area contributed by atoms with E-state index in [1.54, 1.807) is 0 Å². The number of nitrogens with one attached hydrogen (secondary N) is 1. The van der Waals surface area contributed by atoms with E-state index in [0.717, 1.165) is 37.5 Å². The fourth-order valence-corrected chi connectivity index (χ4v) is 3.19. The van der Waals surface area contributed by atoms with Crippen LogP contribution in [0, 0.1) is 11.3 Å². The normalized spacial score (nSPS) is 10.9. The standard InChI is InChI=1S/C18H10BrN3/c19-15-6-2-3-11-7-8-16(22-18(11)15)14-10-21-17-12(9-20)4-1-5-13(14)17/h1-8,10,21H.